The summed E-state index contributed by atoms with van der Waals surface area (Å²) in [5.41, 5.74) is -1.15. The second kappa shape index (κ2) is 5.41. The molecule has 0 saturated carbocycles. The molecule has 9 heteroatoms. The van der Waals surface area contributed by atoms with Crippen LogP contribution in [0.1, 0.15) is 16.3 Å². The molecule has 0 atom stereocenters. The van der Waals surface area contributed by atoms with Crippen LogP contribution in [-0.2, 0) is 0 Å². The molecule has 108 valence electrons. The summed E-state index contributed by atoms with van der Waals surface area (Å²) in [6.07, 6.45) is 0. The second-order valence-electron chi connectivity index (χ2n) is 4.08. The summed E-state index contributed by atoms with van der Waals surface area (Å²) in [6, 6.07) is 5.93. The molecule has 1 amide bonds. The minimum Gasteiger partial charge on any atom is -0.456 e. The van der Waals surface area contributed by atoms with Crippen molar-refractivity contribution >= 4 is 23.0 Å². The molecular weight excluding hydrogens is 282 g/mol. The third-order valence-electron chi connectivity index (χ3n) is 2.60. The molecule has 1 heterocycles. The largest absolute Gasteiger partial charge is 0.456 e. The average Bonchev–Trinajstić information content (AvgIpc) is 2.85. The molecule has 2 aromatic rings. The molecule has 2 rings (SSSR count). The monoisotopic (exact) mass is 291 g/mol. The van der Waals surface area contributed by atoms with Gasteiger partial charge in [-0.25, -0.2) is 0 Å². The molecule has 0 aliphatic rings. The van der Waals surface area contributed by atoms with E-state index in [-0.39, 0.29) is 11.4 Å². The van der Waals surface area contributed by atoms with Crippen molar-refractivity contribution in [1.82, 2.24) is 0 Å². The zero-order valence-electron chi connectivity index (χ0n) is 10.7. The average molecular weight is 291 g/mol. The maximum absolute atomic E-state index is 11.9. The molecule has 21 heavy (non-hydrogen) atoms. The first-order valence-electron chi connectivity index (χ1n) is 5.69. The minimum absolute atomic E-state index is 0.0137. The lowest BCUT2D eigenvalue weighted by Crippen LogP contribution is -2.12. The van der Waals surface area contributed by atoms with Crippen molar-refractivity contribution in [2.45, 2.75) is 6.92 Å². The summed E-state index contributed by atoms with van der Waals surface area (Å²) >= 11 is 0. The van der Waals surface area contributed by atoms with Crippen LogP contribution in [0.4, 0.5) is 17.1 Å². The number of nitrogens with one attached hydrogen (secondary N) is 1. The number of rotatable bonds is 4. The number of benzene rings is 1. The number of hydrogen-bond acceptors (Lipinski definition) is 6. The van der Waals surface area contributed by atoms with Gasteiger partial charge < -0.3 is 9.73 Å². The SMILES string of the molecule is Cc1ccc(C(=O)Nc2ccc([N+](=O)[O-])cc2[N+](=O)[O-])o1. The maximum atomic E-state index is 11.9. The van der Waals surface area contributed by atoms with E-state index in [4.69, 9.17) is 4.42 Å². The Morgan fingerprint density at radius 2 is 1.86 bits per heavy atom. The van der Waals surface area contributed by atoms with Gasteiger partial charge in [0.05, 0.1) is 15.9 Å². The highest BCUT2D eigenvalue weighted by atomic mass is 16.6. The zero-order valence-corrected chi connectivity index (χ0v) is 10.7. The number of carbonyl (C=O) groups excluding carboxylic acids is 1. The minimum atomic E-state index is -0.810. The molecule has 0 saturated heterocycles. The zero-order chi connectivity index (χ0) is 15.6. The summed E-state index contributed by atoms with van der Waals surface area (Å²) in [7, 11) is 0. The van der Waals surface area contributed by atoms with Crippen molar-refractivity contribution in [3.63, 3.8) is 0 Å². The number of aryl methyl sites for hydroxylation is 1. The van der Waals surface area contributed by atoms with Gasteiger partial charge >= 0.3 is 0 Å². The molecule has 0 unspecified atom stereocenters. The van der Waals surface area contributed by atoms with Gasteiger partial charge in [-0.15, -0.1) is 0 Å². The Hall–Kier alpha value is -3.23. The van der Waals surface area contributed by atoms with Gasteiger partial charge in [-0.1, -0.05) is 0 Å². The number of nitro benzene ring substituents is 2. The summed E-state index contributed by atoms with van der Waals surface area (Å²) in [4.78, 5) is 31.8. The quantitative estimate of drug-likeness (QED) is 0.681. The van der Waals surface area contributed by atoms with Crippen molar-refractivity contribution in [1.29, 1.82) is 0 Å². The normalized spacial score (nSPS) is 10.1. The highest BCUT2D eigenvalue weighted by molar-refractivity contribution is 6.03. The van der Waals surface area contributed by atoms with Crippen molar-refractivity contribution in [2.75, 3.05) is 5.32 Å². The summed E-state index contributed by atoms with van der Waals surface area (Å²) in [5, 5.41) is 23.8. The molecule has 1 aromatic heterocycles. The Bertz CT molecular complexity index is 736. The highest BCUT2D eigenvalue weighted by Gasteiger charge is 2.22. The fourth-order valence-electron chi connectivity index (χ4n) is 1.63. The predicted molar refractivity (Wildman–Crippen MR) is 71.1 cm³/mol. The van der Waals surface area contributed by atoms with Crippen LogP contribution in [0.25, 0.3) is 0 Å². The number of furan rings is 1. The van der Waals surface area contributed by atoms with Gasteiger partial charge in [-0.2, -0.15) is 0 Å². The fraction of sp³-hybridized carbons (Fsp3) is 0.0833. The highest BCUT2D eigenvalue weighted by Crippen LogP contribution is 2.29. The number of anilines is 1. The van der Waals surface area contributed by atoms with E-state index in [9.17, 15) is 25.0 Å². The smallest absolute Gasteiger partial charge is 0.299 e. The topological polar surface area (TPSA) is 129 Å². The molecule has 0 bridgehead atoms. The van der Waals surface area contributed by atoms with Crippen molar-refractivity contribution in [2.24, 2.45) is 0 Å². The van der Waals surface area contributed by atoms with Gasteiger partial charge in [0.25, 0.3) is 17.3 Å². The molecule has 9 nitrogen and oxygen atoms in total. The molecule has 1 aromatic carbocycles. The number of hydrogen-bond donors (Lipinski definition) is 1. The fourth-order valence-corrected chi connectivity index (χ4v) is 1.63. The van der Waals surface area contributed by atoms with Crippen LogP contribution in [-0.4, -0.2) is 15.8 Å². The van der Waals surface area contributed by atoms with Crippen LogP contribution in [0, 0.1) is 27.2 Å². The molecule has 0 fully saturated rings. The second-order valence-corrected chi connectivity index (χ2v) is 4.08. The number of carbonyl (C=O) groups is 1. The Labute approximate surface area is 117 Å². The van der Waals surface area contributed by atoms with E-state index in [0.29, 0.717) is 5.76 Å². The molecule has 0 spiro atoms. The van der Waals surface area contributed by atoms with Gasteiger partial charge in [0, 0.05) is 6.07 Å². The van der Waals surface area contributed by atoms with Crippen molar-refractivity contribution < 1.29 is 19.1 Å². The van der Waals surface area contributed by atoms with E-state index in [1.165, 1.54) is 6.07 Å². The Morgan fingerprint density at radius 1 is 1.14 bits per heavy atom. The summed E-state index contributed by atoms with van der Waals surface area (Å²) in [6.45, 7) is 1.64. The first-order valence-corrected chi connectivity index (χ1v) is 5.69. The van der Waals surface area contributed by atoms with Crippen LogP contribution in [0.3, 0.4) is 0 Å². The lowest BCUT2D eigenvalue weighted by molar-refractivity contribution is -0.393. The van der Waals surface area contributed by atoms with E-state index < -0.39 is 27.1 Å². The number of non-ortho nitro benzene ring substituents is 1. The Kier molecular flexibility index (Phi) is 3.65. The van der Waals surface area contributed by atoms with Crippen molar-refractivity contribution in [3.8, 4) is 0 Å². The van der Waals surface area contributed by atoms with Crippen LogP contribution in [0.2, 0.25) is 0 Å². The summed E-state index contributed by atoms with van der Waals surface area (Å²) in [5.74, 6) is -0.182. The lowest BCUT2D eigenvalue weighted by Gasteiger charge is -2.04. The van der Waals surface area contributed by atoms with Gasteiger partial charge in [0.15, 0.2) is 5.76 Å². The molecule has 0 aliphatic carbocycles. The number of amides is 1. The van der Waals surface area contributed by atoms with E-state index in [2.05, 4.69) is 5.32 Å². The van der Waals surface area contributed by atoms with E-state index >= 15 is 0 Å². The van der Waals surface area contributed by atoms with E-state index in [1.807, 2.05) is 0 Å². The Balaban J connectivity index is 2.33. The van der Waals surface area contributed by atoms with Gasteiger partial charge in [-0.3, -0.25) is 25.0 Å². The molecule has 0 radical (unpaired) electrons. The van der Waals surface area contributed by atoms with Crippen molar-refractivity contribution in [3.05, 3.63) is 62.1 Å². The van der Waals surface area contributed by atoms with Crippen LogP contribution < -0.4 is 5.32 Å². The van der Waals surface area contributed by atoms with Gasteiger partial charge in [0.2, 0.25) is 0 Å². The van der Waals surface area contributed by atoms with Crippen LogP contribution in [0.15, 0.2) is 34.7 Å². The number of nitrogens with zero attached hydrogens (tertiary/aromatic N) is 2. The first-order chi connectivity index (χ1) is 9.88. The molecule has 1 N–H and O–H groups in total. The third-order valence-corrected chi connectivity index (χ3v) is 2.60. The van der Waals surface area contributed by atoms with E-state index in [0.717, 1.165) is 18.2 Å². The maximum Gasteiger partial charge on any atom is 0.299 e. The lowest BCUT2D eigenvalue weighted by atomic mass is 10.2. The number of nitro groups is 2. The van der Waals surface area contributed by atoms with Gasteiger partial charge in [-0.05, 0) is 25.1 Å². The third kappa shape index (κ3) is 3.03. The van der Waals surface area contributed by atoms with Crippen LogP contribution in [0.5, 0.6) is 0 Å². The van der Waals surface area contributed by atoms with Crippen LogP contribution >= 0.6 is 0 Å². The predicted octanol–water partition coefficient (Wildman–Crippen LogP) is 2.66. The molecular formula is C12H9N3O6. The standard InChI is InChI=1S/C12H9N3O6/c1-7-2-5-11(21-7)12(16)13-9-4-3-8(14(17)18)6-10(9)15(19)20/h2-6H,1H3,(H,13,16). The molecule has 0 aliphatic heterocycles. The van der Waals surface area contributed by atoms with E-state index in [1.54, 1.807) is 13.0 Å². The first kappa shape index (κ1) is 14.2. The summed E-state index contributed by atoms with van der Waals surface area (Å²) < 4.78 is 5.09. The van der Waals surface area contributed by atoms with Gasteiger partial charge in [0.1, 0.15) is 11.4 Å². The Morgan fingerprint density at radius 3 is 2.38 bits per heavy atom.